The molecule has 2 aromatic rings. The number of esters is 1. The quantitative estimate of drug-likeness (QED) is 0.844. The molecule has 6 nitrogen and oxygen atoms in total. The summed E-state index contributed by atoms with van der Waals surface area (Å²) in [5.41, 5.74) is 6.11. The van der Waals surface area contributed by atoms with Gasteiger partial charge in [0, 0.05) is 0 Å². The number of carbonyl (C=O) groups is 1. The normalized spacial score (nSPS) is 13.5. The molecule has 0 saturated carbocycles. The minimum atomic E-state index is -0.349. The number of ether oxygens (including phenoxy) is 1. The third kappa shape index (κ3) is 3.18. The summed E-state index contributed by atoms with van der Waals surface area (Å²) in [6.45, 7) is -0.159. The maximum absolute atomic E-state index is 11.4. The van der Waals surface area contributed by atoms with Crippen molar-refractivity contribution in [2.75, 3.05) is 18.7 Å². The Hall–Kier alpha value is -2.83. The predicted molar refractivity (Wildman–Crippen MR) is 85.1 cm³/mol. The first-order valence-corrected chi connectivity index (χ1v) is 7.03. The van der Waals surface area contributed by atoms with Crippen molar-refractivity contribution in [2.45, 2.75) is 0 Å². The van der Waals surface area contributed by atoms with Gasteiger partial charge in [0.1, 0.15) is 6.61 Å². The van der Waals surface area contributed by atoms with Gasteiger partial charge in [0.2, 0.25) is 0 Å². The third-order valence-corrected chi connectivity index (χ3v) is 3.49. The zero-order valence-corrected chi connectivity index (χ0v) is 12.5. The second kappa shape index (κ2) is 6.51. The van der Waals surface area contributed by atoms with Gasteiger partial charge >= 0.3 is 5.97 Å². The number of aliphatic hydroxyl groups is 1. The van der Waals surface area contributed by atoms with Crippen LogP contribution in [-0.4, -0.2) is 24.8 Å². The maximum atomic E-state index is 11.4. The third-order valence-electron chi connectivity index (χ3n) is 3.49. The largest absolute Gasteiger partial charge is 0.465 e. The molecule has 0 amide bonds. The molecule has 0 saturated heterocycles. The monoisotopic (exact) mass is 312 g/mol. The van der Waals surface area contributed by atoms with Crippen LogP contribution in [0.1, 0.15) is 10.4 Å². The summed E-state index contributed by atoms with van der Waals surface area (Å²) in [4.78, 5) is 16.5. The van der Waals surface area contributed by atoms with E-state index in [4.69, 9.17) is 9.94 Å². The van der Waals surface area contributed by atoms with Crippen LogP contribution in [0.3, 0.4) is 0 Å². The molecule has 3 rings (SSSR count). The van der Waals surface area contributed by atoms with Crippen molar-refractivity contribution in [1.82, 2.24) is 5.59 Å². The van der Waals surface area contributed by atoms with Crippen molar-refractivity contribution in [3.05, 3.63) is 66.1 Å². The number of carbonyl (C=O) groups excluding carboxylic acids is 1. The first-order chi connectivity index (χ1) is 11.2. The van der Waals surface area contributed by atoms with Gasteiger partial charge in [-0.05, 0) is 35.4 Å². The zero-order valence-electron chi connectivity index (χ0n) is 12.5. The fraction of sp³-hybridized carbons (Fsp3) is 0.118. The Kier molecular flexibility index (Phi) is 4.27. The van der Waals surface area contributed by atoms with E-state index in [9.17, 15) is 4.79 Å². The molecule has 6 heteroatoms. The van der Waals surface area contributed by atoms with Crippen molar-refractivity contribution in [3.63, 3.8) is 0 Å². The second-order valence-electron chi connectivity index (χ2n) is 4.93. The SMILES string of the molecule is COC(=O)c1ccc(-c2ccc(N3C=C(CO)ON3)cc2)cc1. The van der Waals surface area contributed by atoms with Crippen LogP contribution < -0.4 is 10.6 Å². The van der Waals surface area contributed by atoms with E-state index in [2.05, 4.69) is 10.3 Å². The van der Waals surface area contributed by atoms with Crippen LogP contribution >= 0.6 is 0 Å². The fourth-order valence-electron chi connectivity index (χ4n) is 2.24. The van der Waals surface area contributed by atoms with Gasteiger partial charge < -0.3 is 14.7 Å². The van der Waals surface area contributed by atoms with Crippen LogP contribution in [-0.2, 0) is 9.57 Å². The molecule has 0 fully saturated rings. The predicted octanol–water partition coefficient (Wildman–Crippen LogP) is 2.23. The molecular weight excluding hydrogens is 296 g/mol. The number of hydrogen-bond acceptors (Lipinski definition) is 6. The standard InChI is InChI=1S/C17H16N2O4/c1-22-17(21)14-4-2-12(3-5-14)13-6-8-15(9-7-13)19-10-16(11-20)23-18-19/h2-10,18,20H,11H2,1H3. The molecule has 1 heterocycles. The van der Waals surface area contributed by atoms with Crippen LogP contribution in [0.4, 0.5) is 5.69 Å². The lowest BCUT2D eigenvalue weighted by Crippen LogP contribution is -2.26. The Morgan fingerprint density at radius 1 is 1.13 bits per heavy atom. The lowest BCUT2D eigenvalue weighted by molar-refractivity contribution is 0.0601. The average molecular weight is 312 g/mol. The van der Waals surface area contributed by atoms with Crippen LogP contribution in [0.15, 0.2) is 60.5 Å². The van der Waals surface area contributed by atoms with Gasteiger partial charge in [0.05, 0.1) is 24.6 Å². The minimum absolute atomic E-state index is 0.159. The molecule has 0 aromatic heterocycles. The molecule has 118 valence electrons. The molecule has 1 aliphatic heterocycles. The highest BCUT2D eigenvalue weighted by Gasteiger charge is 2.14. The summed E-state index contributed by atoms with van der Waals surface area (Å²) < 4.78 is 4.69. The van der Waals surface area contributed by atoms with Crippen molar-refractivity contribution < 1.29 is 19.5 Å². The number of nitrogens with one attached hydrogen (secondary N) is 1. The minimum Gasteiger partial charge on any atom is -0.465 e. The van der Waals surface area contributed by atoms with E-state index < -0.39 is 0 Å². The molecule has 2 N–H and O–H groups in total. The lowest BCUT2D eigenvalue weighted by atomic mass is 10.0. The second-order valence-corrected chi connectivity index (χ2v) is 4.93. The Morgan fingerprint density at radius 2 is 1.74 bits per heavy atom. The van der Waals surface area contributed by atoms with E-state index in [1.807, 2.05) is 36.4 Å². The topological polar surface area (TPSA) is 71.0 Å². The van der Waals surface area contributed by atoms with Gasteiger partial charge in [-0.1, -0.05) is 29.9 Å². The van der Waals surface area contributed by atoms with Crippen LogP contribution in [0.5, 0.6) is 0 Å². The van der Waals surface area contributed by atoms with E-state index >= 15 is 0 Å². The van der Waals surface area contributed by atoms with Gasteiger partial charge in [-0.3, -0.25) is 0 Å². The summed E-state index contributed by atoms with van der Waals surface area (Å²) in [5, 5.41) is 10.7. The van der Waals surface area contributed by atoms with Crippen LogP contribution in [0.2, 0.25) is 0 Å². The highest BCUT2D eigenvalue weighted by molar-refractivity contribution is 5.90. The van der Waals surface area contributed by atoms with Crippen molar-refractivity contribution in [3.8, 4) is 11.1 Å². The summed E-state index contributed by atoms with van der Waals surface area (Å²) in [6, 6.07) is 15.0. The maximum Gasteiger partial charge on any atom is 0.337 e. The molecule has 0 atom stereocenters. The highest BCUT2D eigenvalue weighted by Crippen LogP contribution is 2.24. The molecule has 2 aromatic carbocycles. The number of hydrazine groups is 1. The molecule has 0 aliphatic carbocycles. The van der Waals surface area contributed by atoms with Crippen LogP contribution in [0, 0.1) is 0 Å². The molecule has 0 radical (unpaired) electrons. The molecule has 1 aliphatic rings. The zero-order chi connectivity index (χ0) is 16.2. The molecule has 0 unspecified atom stereocenters. The molecule has 0 bridgehead atoms. The summed E-state index contributed by atoms with van der Waals surface area (Å²) in [5.74, 6) is 0.103. The Morgan fingerprint density at radius 3 is 2.26 bits per heavy atom. The van der Waals surface area contributed by atoms with E-state index in [1.54, 1.807) is 23.3 Å². The van der Waals surface area contributed by atoms with E-state index in [0.29, 0.717) is 11.3 Å². The van der Waals surface area contributed by atoms with Gasteiger partial charge in [0.25, 0.3) is 0 Å². The summed E-state index contributed by atoms with van der Waals surface area (Å²) >= 11 is 0. The summed E-state index contributed by atoms with van der Waals surface area (Å²) in [6.07, 6.45) is 1.68. The van der Waals surface area contributed by atoms with Crippen molar-refractivity contribution >= 4 is 11.7 Å². The molecular formula is C17H16N2O4. The van der Waals surface area contributed by atoms with Crippen LogP contribution in [0.25, 0.3) is 11.1 Å². The van der Waals surface area contributed by atoms with E-state index in [0.717, 1.165) is 16.8 Å². The summed E-state index contributed by atoms with van der Waals surface area (Å²) in [7, 11) is 1.36. The lowest BCUT2D eigenvalue weighted by Gasteiger charge is -2.14. The number of methoxy groups -OCH3 is 1. The van der Waals surface area contributed by atoms with E-state index in [1.165, 1.54) is 7.11 Å². The molecule has 23 heavy (non-hydrogen) atoms. The Labute approximate surface area is 133 Å². The first-order valence-electron chi connectivity index (χ1n) is 7.03. The van der Waals surface area contributed by atoms with Gasteiger partial charge in [-0.15, -0.1) is 0 Å². The number of nitrogens with zero attached hydrogens (tertiary/aromatic N) is 1. The number of anilines is 1. The smallest absolute Gasteiger partial charge is 0.337 e. The van der Waals surface area contributed by atoms with Gasteiger partial charge in [0.15, 0.2) is 5.76 Å². The van der Waals surface area contributed by atoms with Gasteiger partial charge in [-0.2, -0.15) is 0 Å². The number of aliphatic hydroxyl groups excluding tert-OH is 1. The number of rotatable bonds is 4. The first kappa shape index (κ1) is 15.1. The van der Waals surface area contributed by atoms with Gasteiger partial charge in [-0.25, -0.2) is 9.80 Å². The van der Waals surface area contributed by atoms with E-state index in [-0.39, 0.29) is 12.6 Å². The molecule has 0 spiro atoms. The highest BCUT2D eigenvalue weighted by atomic mass is 16.7. The number of hydrogen-bond donors (Lipinski definition) is 2. The Bertz CT molecular complexity index is 723. The number of benzene rings is 2. The Balaban J connectivity index is 1.77. The van der Waals surface area contributed by atoms with Crippen molar-refractivity contribution in [1.29, 1.82) is 0 Å². The fourth-order valence-corrected chi connectivity index (χ4v) is 2.24. The van der Waals surface area contributed by atoms with Crippen molar-refractivity contribution in [2.24, 2.45) is 0 Å². The average Bonchev–Trinajstić information content (AvgIpc) is 3.10.